The second-order valence-corrected chi connectivity index (χ2v) is 5.10. The molecule has 0 aliphatic carbocycles. The molecule has 0 saturated heterocycles. The fraction of sp³-hybridized carbons (Fsp3) is 0.222. The Balaban J connectivity index is 1.75. The Morgan fingerprint density at radius 2 is 1.86 bits per heavy atom. The molecule has 0 saturated carbocycles. The van der Waals surface area contributed by atoms with Gasteiger partial charge in [-0.2, -0.15) is 0 Å². The van der Waals surface area contributed by atoms with E-state index in [-0.39, 0.29) is 6.04 Å². The van der Waals surface area contributed by atoms with Gasteiger partial charge in [-0.05, 0) is 19.1 Å². The van der Waals surface area contributed by atoms with E-state index in [1.165, 1.54) is 5.56 Å². The molecule has 0 amide bonds. The van der Waals surface area contributed by atoms with Crippen LogP contribution in [0.25, 0.3) is 11.0 Å². The molecule has 0 aliphatic heterocycles. The van der Waals surface area contributed by atoms with Crippen molar-refractivity contribution in [2.24, 2.45) is 0 Å². The van der Waals surface area contributed by atoms with Gasteiger partial charge in [0.2, 0.25) is 0 Å². The van der Waals surface area contributed by atoms with Gasteiger partial charge in [-0.25, -0.2) is 0 Å². The van der Waals surface area contributed by atoms with E-state index >= 15 is 0 Å². The molecule has 1 unspecified atom stereocenters. The summed E-state index contributed by atoms with van der Waals surface area (Å²) in [5.41, 5.74) is 3.26. The minimum atomic E-state index is 0.204. The molecule has 0 aliphatic rings. The first-order valence-corrected chi connectivity index (χ1v) is 7.11. The van der Waals surface area contributed by atoms with Gasteiger partial charge in [-0.1, -0.05) is 36.4 Å². The average Bonchev–Trinajstić information content (AvgIpc) is 2.96. The van der Waals surface area contributed by atoms with E-state index in [2.05, 4.69) is 24.4 Å². The number of para-hydroxylation sites is 2. The van der Waals surface area contributed by atoms with Crippen molar-refractivity contribution in [2.75, 3.05) is 7.11 Å². The van der Waals surface area contributed by atoms with Crippen molar-refractivity contribution >= 4 is 11.0 Å². The molecule has 21 heavy (non-hydrogen) atoms. The highest BCUT2D eigenvalue weighted by Gasteiger charge is 2.11. The van der Waals surface area contributed by atoms with Crippen molar-refractivity contribution in [1.29, 1.82) is 0 Å². The first kappa shape index (κ1) is 13.7. The molecule has 3 aromatic rings. The molecule has 1 atom stereocenters. The number of methoxy groups -OCH3 is 1. The molecule has 3 heteroatoms. The number of nitrogens with one attached hydrogen (secondary N) is 1. The molecular formula is C18H19NO2. The van der Waals surface area contributed by atoms with E-state index < -0.39 is 0 Å². The largest absolute Gasteiger partial charge is 0.496 e. The van der Waals surface area contributed by atoms with Crippen LogP contribution in [0.3, 0.4) is 0 Å². The second-order valence-electron chi connectivity index (χ2n) is 5.10. The van der Waals surface area contributed by atoms with Gasteiger partial charge in [0.05, 0.1) is 13.4 Å². The van der Waals surface area contributed by atoms with Crippen molar-refractivity contribution in [1.82, 2.24) is 5.32 Å². The number of hydrogen-bond donors (Lipinski definition) is 1. The third kappa shape index (κ3) is 2.78. The molecular weight excluding hydrogens is 262 g/mol. The maximum absolute atomic E-state index is 5.57. The van der Waals surface area contributed by atoms with Gasteiger partial charge in [0.25, 0.3) is 0 Å². The topological polar surface area (TPSA) is 34.4 Å². The van der Waals surface area contributed by atoms with Crippen molar-refractivity contribution in [3.8, 4) is 5.75 Å². The summed E-state index contributed by atoms with van der Waals surface area (Å²) >= 11 is 0. The lowest BCUT2D eigenvalue weighted by Gasteiger charge is -2.16. The zero-order valence-corrected chi connectivity index (χ0v) is 12.3. The van der Waals surface area contributed by atoms with Gasteiger partial charge in [-0.3, -0.25) is 0 Å². The lowest BCUT2D eigenvalue weighted by Crippen LogP contribution is -2.18. The van der Waals surface area contributed by atoms with Crippen LogP contribution in [-0.4, -0.2) is 7.11 Å². The Morgan fingerprint density at radius 1 is 1.10 bits per heavy atom. The van der Waals surface area contributed by atoms with Crippen LogP contribution >= 0.6 is 0 Å². The standard InChI is InChI=1S/C18H19NO2/c1-13(15-7-3-5-9-17(15)20-2)19-11-14-12-21-18-10-6-4-8-16(14)18/h3-10,12-13,19H,11H2,1-2H3. The summed E-state index contributed by atoms with van der Waals surface area (Å²) in [4.78, 5) is 0. The first-order valence-electron chi connectivity index (χ1n) is 7.11. The van der Waals surface area contributed by atoms with Crippen LogP contribution in [0, 0.1) is 0 Å². The summed E-state index contributed by atoms with van der Waals surface area (Å²) in [6.07, 6.45) is 1.83. The lowest BCUT2D eigenvalue weighted by atomic mass is 10.1. The molecule has 108 valence electrons. The molecule has 3 nitrogen and oxygen atoms in total. The number of hydrogen-bond acceptors (Lipinski definition) is 3. The van der Waals surface area contributed by atoms with Crippen LogP contribution < -0.4 is 10.1 Å². The number of fused-ring (bicyclic) bond motifs is 1. The minimum Gasteiger partial charge on any atom is -0.496 e. The zero-order valence-electron chi connectivity index (χ0n) is 12.3. The minimum absolute atomic E-state index is 0.204. The summed E-state index contributed by atoms with van der Waals surface area (Å²) < 4.78 is 11.0. The second kappa shape index (κ2) is 6.02. The van der Waals surface area contributed by atoms with Gasteiger partial charge in [-0.15, -0.1) is 0 Å². The number of rotatable bonds is 5. The van der Waals surface area contributed by atoms with Crippen molar-refractivity contribution < 1.29 is 9.15 Å². The van der Waals surface area contributed by atoms with E-state index in [0.29, 0.717) is 0 Å². The van der Waals surface area contributed by atoms with Crippen molar-refractivity contribution in [3.05, 3.63) is 65.9 Å². The SMILES string of the molecule is COc1ccccc1C(C)NCc1coc2ccccc12. The third-order valence-corrected chi connectivity index (χ3v) is 3.77. The molecule has 0 bridgehead atoms. The Morgan fingerprint density at radius 3 is 2.71 bits per heavy atom. The first-order chi connectivity index (χ1) is 10.3. The Hall–Kier alpha value is -2.26. The van der Waals surface area contributed by atoms with E-state index in [1.54, 1.807) is 7.11 Å². The third-order valence-electron chi connectivity index (χ3n) is 3.77. The summed E-state index contributed by atoms with van der Waals surface area (Å²) in [5.74, 6) is 0.912. The van der Waals surface area contributed by atoms with Crippen LogP contribution in [0.4, 0.5) is 0 Å². The quantitative estimate of drug-likeness (QED) is 0.757. The van der Waals surface area contributed by atoms with Crippen LogP contribution in [0.5, 0.6) is 5.75 Å². The normalized spacial score (nSPS) is 12.5. The van der Waals surface area contributed by atoms with Gasteiger partial charge in [0.15, 0.2) is 0 Å². The number of benzene rings is 2. The lowest BCUT2D eigenvalue weighted by molar-refractivity contribution is 0.401. The van der Waals surface area contributed by atoms with Crippen LogP contribution in [-0.2, 0) is 6.54 Å². The zero-order chi connectivity index (χ0) is 14.7. The predicted octanol–water partition coefficient (Wildman–Crippen LogP) is 4.29. The monoisotopic (exact) mass is 281 g/mol. The van der Waals surface area contributed by atoms with Gasteiger partial charge >= 0.3 is 0 Å². The highest BCUT2D eigenvalue weighted by atomic mass is 16.5. The fourth-order valence-electron chi connectivity index (χ4n) is 2.57. The molecule has 2 aromatic carbocycles. The summed E-state index contributed by atoms with van der Waals surface area (Å²) in [7, 11) is 1.70. The Kier molecular flexibility index (Phi) is 3.93. The summed E-state index contributed by atoms with van der Waals surface area (Å²) in [6, 6.07) is 16.4. The van der Waals surface area contributed by atoms with Gasteiger partial charge in [0, 0.05) is 29.1 Å². The van der Waals surface area contributed by atoms with Crippen LogP contribution in [0.15, 0.2) is 59.2 Å². The molecule has 0 spiro atoms. The average molecular weight is 281 g/mol. The fourth-order valence-corrected chi connectivity index (χ4v) is 2.57. The maximum atomic E-state index is 5.57. The summed E-state index contributed by atoms with van der Waals surface area (Å²) in [5, 5.41) is 4.69. The Labute approximate surface area is 124 Å². The maximum Gasteiger partial charge on any atom is 0.134 e. The van der Waals surface area contributed by atoms with Crippen LogP contribution in [0.2, 0.25) is 0 Å². The van der Waals surface area contributed by atoms with Crippen LogP contribution in [0.1, 0.15) is 24.1 Å². The molecule has 1 heterocycles. The highest BCUT2D eigenvalue weighted by Crippen LogP contribution is 2.26. The Bertz CT molecular complexity index is 733. The number of furan rings is 1. The van der Waals surface area contributed by atoms with Gasteiger partial charge < -0.3 is 14.5 Å². The predicted molar refractivity (Wildman–Crippen MR) is 84.5 cm³/mol. The van der Waals surface area contributed by atoms with E-state index in [9.17, 15) is 0 Å². The van der Waals surface area contributed by atoms with E-state index in [0.717, 1.165) is 28.8 Å². The molecule has 0 radical (unpaired) electrons. The molecule has 3 rings (SSSR count). The molecule has 1 aromatic heterocycles. The smallest absolute Gasteiger partial charge is 0.134 e. The summed E-state index contributed by atoms with van der Waals surface area (Å²) in [6.45, 7) is 2.90. The van der Waals surface area contributed by atoms with Crippen molar-refractivity contribution in [2.45, 2.75) is 19.5 Å². The molecule has 0 fully saturated rings. The van der Waals surface area contributed by atoms with Gasteiger partial charge in [0.1, 0.15) is 11.3 Å². The number of ether oxygens (including phenoxy) is 1. The van der Waals surface area contributed by atoms with Crippen molar-refractivity contribution in [3.63, 3.8) is 0 Å². The molecule has 1 N–H and O–H groups in total. The highest BCUT2D eigenvalue weighted by molar-refractivity contribution is 5.80. The van der Waals surface area contributed by atoms with E-state index in [4.69, 9.17) is 9.15 Å². The van der Waals surface area contributed by atoms with E-state index in [1.807, 2.05) is 42.7 Å².